The smallest absolute Gasteiger partial charge is 0.363 e. The van der Waals surface area contributed by atoms with Crippen molar-refractivity contribution in [3.63, 3.8) is 0 Å². The number of amides is 2. The molecule has 0 spiro atoms. The first-order valence-corrected chi connectivity index (χ1v) is 6.13. The largest absolute Gasteiger partial charge is 0.396 e. The summed E-state index contributed by atoms with van der Waals surface area (Å²) in [6.45, 7) is 0. The van der Waals surface area contributed by atoms with Crippen molar-refractivity contribution in [2.75, 3.05) is 5.73 Å². The van der Waals surface area contributed by atoms with E-state index in [9.17, 15) is 27.6 Å². The number of nitrogens with zero attached hydrogens (tertiary/aromatic N) is 4. The SMILES string of the molecule is [N-]=[N+]=Nc1c(F)c(N)c(C(=O)ONN2C(=O)CCC2=O)c(F)c1F. The Morgan fingerprint density at radius 1 is 1.21 bits per heavy atom. The molecule has 0 atom stereocenters. The highest BCUT2D eigenvalue weighted by Gasteiger charge is 2.32. The molecular formula is C11H7F3N6O4. The van der Waals surface area contributed by atoms with Crippen molar-refractivity contribution in [3.8, 4) is 0 Å². The van der Waals surface area contributed by atoms with Gasteiger partial charge in [-0.15, -0.1) is 0 Å². The van der Waals surface area contributed by atoms with Gasteiger partial charge < -0.3 is 10.6 Å². The van der Waals surface area contributed by atoms with Crippen LogP contribution in [0.1, 0.15) is 23.2 Å². The molecule has 1 aliphatic heterocycles. The number of halogens is 3. The second kappa shape index (κ2) is 6.44. The minimum atomic E-state index is -1.96. The summed E-state index contributed by atoms with van der Waals surface area (Å²) in [6, 6.07) is 0. The third-order valence-electron chi connectivity index (χ3n) is 2.96. The number of hydrogen-bond acceptors (Lipinski definition) is 7. The number of carbonyl (C=O) groups is 3. The van der Waals surface area contributed by atoms with E-state index in [0.717, 1.165) is 0 Å². The van der Waals surface area contributed by atoms with E-state index in [1.54, 1.807) is 5.59 Å². The summed E-state index contributed by atoms with van der Waals surface area (Å²) in [7, 11) is 0. The van der Waals surface area contributed by atoms with Gasteiger partial charge in [-0.25, -0.2) is 18.0 Å². The van der Waals surface area contributed by atoms with E-state index in [1.165, 1.54) is 0 Å². The van der Waals surface area contributed by atoms with Crippen molar-refractivity contribution in [2.24, 2.45) is 5.11 Å². The standard InChI is InChI=1S/C11H7F3N6O4/c12-6-5(9(15)8(14)10(7(6)13)17-18-16)11(23)24-19-20-3(21)1-2-4(20)22/h19H,1-2,15H2. The van der Waals surface area contributed by atoms with E-state index in [1.807, 2.05) is 0 Å². The molecule has 0 saturated carbocycles. The Bertz CT molecular complexity index is 762. The Hall–Kier alpha value is -3.31. The number of benzene rings is 1. The zero-order valence-electron chi connectivity index (χ0n) is 11.5. The van der Waals surface area contributed by atoms with Gasteiger partial charge in [0.15, 0.2) is 17.5 Å². The van der Waals surface area contributed by atoms with E-state index in [4.69, 9.17) is 11.3 Å². The lowest BCUT2D eigenvalue weighted by Crippen LogP contribution is -2.43. The van der Waals surface area contributed by atoms with E-state index < -0.39 is 52.2 Å². The Balaban J connectivity index is 2.31. The monoisotopic (exact) mass is 344 g/mol. The Morgan fingerprint density at radius 3 is 2.33 bits per heavy atom. The molecule has 13 heteroatoms. The van der Waals surface area contributed by atoms with E-state index in [2.05, 4.69) is 14.9 Å². The van der Waals surface area contributed by atoms with Crippen LogP contribution in [0.25, 0.3) is 10.4 Å². The number of anilines is 1. The van der Waals surface area contributed by atoms with Crippen LogP contribution in [0.3, 0.4) is 0 Å². The van der Waals surface area contributed by atoms with Gasteiger partial charge in [-0.1, -0.05) is 10.7 Å². The van der Waals surface area contributed by atoms with Crippen molar-refractivity contribution in [1.82, 2.24) is 10.6 Å². The predicted molar refractivity (Wildman–Crippen MR) is 69.2 cm³/mol. The number of hydrogen-bond donors (Lipinski definition) is 2. The molecule has 0 aliphatic carbocycles. The zero-order chi connectivity index (χ0) is 18.0. The molecule has 1 aromatic carbocycles. The molecule has 2 rings (SSSR count). The van der Waals surface area contributed by atoms with Gasteiger partial charge in [-0.05, 0) is 5.53 Å². The fraction of sp³-hybridized carbons (Fsp3) is 0.182. The van der Waals surface area contributed by atoms with Gasteiger partial charge in [0.1, 0.15) is 11.3 Å². The van der Waals surface area contributed by atoms with Crippen molar-refractivity contribution in [1.29, 1.82) is 0 Å². The number of azide groups is 1. The molecule has 0 aromatic heterocycles. The second-order valence-corrected chi connectivity index (χ2v) is 4.37. The van der Waals surface area contributed by atoms with Crippen LogP contribution in [0.5, 0.6) is 0 Å². The quantitative estimate of drug-likeness (QED) is 0.160. The average Bonchev–Trinajstić information content (AvgIpc) is 2.86. The highest BCUT2D eigenvalue weighted by atomic mass is 19.2. The molecule has 1 saturated heterocycles. The second-order valence-electron chi connectivity index (χ2n) is 4.37. The minimum absolute atomic E-state index is 0.135. The Kier molecular flexibility index (Phi) is 4.57. The summed E-state index contributed by atoms with van der Waals surface area (Å²) in [6.07, 6.45) is -0.270. The van der Waals surface area contributed by atoms with Gasteiger partial charge in [0.25, 0.3) is 0 Å². The molecule has 3 N–H and O–H groups in total. The van der Waals surface area contributed by atoms with Gasteiger partial charge in [0.2, 0.25) is 11.8 Å². The number of nitrogens with one attached hydrogen (secondary N) is 1. The maximum atomic E-state index is 13.8. The highest BCUT2D eigenvalue weighted by molar-refractivity contribution is 6.01. The topological polar surface area (TPSA) is 150 Å². The number of imide groups is 1. The van der Waals surface area contributed by atoms with E-state index in [-0.39, 0.29) is 12.8 Å². The molecule has 0 radical (unpaired) electrons. The van der Waals surface area contributed by atoms with Crippen LogP contribution >= 0.6 is 0 Å². The van der Waals surface area contributed by atoms with Crippen molar-refractivity contribution in [2.45, 2.75) is 12.8 Å². The van der Waals surface area contributed by atoms with Gasteiger partial charge in [-0.2, -0.15) is 5.01 Å². The maximum Gasteiger partial charge on any atom is 0.363 e. The summed E-state index contributed by atoms with van der Waals surface area (Å²) < 4.78 is 41.3. The normalized spacial score (nSPS) is 13.9. The van der Waals surface area contributed by atoms with Gasteiger partial charge >= 0.3 is 5.97 Å². The predicted octanol–water partition coefficient (Wildman–Crippen LogP) is 1.35. The molecule has 1 aliphatic rings. The van der Waals surface area contributed by atoms with Gasteiger partial charge in [0.05, 0.1) is 5.69 Å². The summed E-state index contributed by atoms with van der Waals surface area (Å²) in [5.74, 6) is -8.72. The number of carbonyl (C=O) groups excluding carboxylic acids is 3. The van der Waals surface area contributed by atoms with Crippen LogP contribution in [0.15, 0.2) is 5.11 Å². The van der Waals surface area contributed by atoms with Crippen molar-refractivity contribution >= 4 is 29.2 Å². The fourth-order valence-corrected chi connectivity index (χ4v) is 1.81. The number of nitrogen functional groups attached to an aromatic ring is 1. The zero-order valence-corrected chi connectivity index (χ0v) is 11.5. The number of hydrazine groups is 1. The summed E-state index contributed by atoms with van der Waals surface area (Å²) >= 11 is 0. The number of rotatable bonds is 4. The molecule has 0 unspecified atom stereocenters. The summed E-state index contributed by atoms with van der Waals surface area (Å²) in [5.41, 5.74) is 11.1. The van der Waals surface area contributed by atoms with Crippen molar-refractivity contribution < 1.29 is 32.4 Å². The third-order valence-corrected chi connectivity index (χ3v) is 2.96. The average molecular weight is 344 g/mol. The van der Waals surface area contributed by atoms with E-state index >= 15 is 0 Å². The first-order valence-electron chi connectivity index (χ1n) is 6.13. The van der Waals surface area contributed by atoms with E-state index in [0.29, 0.717) is 5.01 Å². The van der Waals surface area contributed by atoms with Crippen molar-refractivity contribution in [3.05, 3.63) is 33.5 Å². The first kappa shape index (κ1) is 17.1. The number of nitrogens with two attached hydrogens (primary N) is 1. The van der Waals surface area contributed by atoms with Gasteiger partial charge in [-0.3, -0.25) is 9.59 Å². The summed E-state index contributed by atoms with van der Waals surface area (Å²) in [5, 5.41) is 2.94. The third kappa shape index (κ3) is 2.80. The molecular weight excluding hydrogens is 337 g/mol. The minimum Gasteiger partial charge on any atom is -0.396 e. The molecule has 1 aromatic rings. The lowest BCUT2D eigenvalue weighted by Gasteiger charge is -2.15. The van der Waals surface area contributed by atoms with Crippen LogP contribution in [0.4, 0.5) is 24.5 Å². The highest BCUT2D eigenvalue weighted by Crippen LogP contribution is 2.33. The van der Waals surface area contributed by atoms with Crippen LogP contribution in [0, 0.1) is 17.5 Å². The van der Waals surface area contributed by atoms with Crippen LogP contribution < -0.4 is 11.3 Å². The van der Waals surface area contributed by atoms with Crippen LogP contribution in [0.2, 0.25) is 0 Å². The maximum absolute atomic E-state index is 13.8. The first-order chi connectivity index (χ1) is 11.3. The molecule has 10 nitrogen and oxygen atoms in total. The lowest BCUT2D eigenvalue weighted by atomic mass is 10.1. The van der Waals surface area contributed by atoms with Gasteiger partial charge in [0, 0.05) is 17.8 Å². The Morgan fingerprint density at radius 2 is 1.79 bits per heavy atom. The van der Waals surface area contributed by atoms with Crippen LogP contribution in [-0.2, 0) is 14.4 Å². The molecule has 24 heavy (non-hydrogen) atoms. The molecule has 126 valence electrons. The summed E-state index contributed by atoms with van der Waals surface area (Å²) in [4.78, 5) is 40.7. The lowest BCUT2D eigenvalue weighted by molar-refractivity contribution is -0.153. The Labute approximate surface area is 130 Å². The molecule has 1 heterocycles. The molecule has 0 bridgehead atoms. The molecule has 1 fully saturated rings. The molecule has 2 amide bonds. The fourth-order valence-electron chi connectivity index (χ4n) is 1.81. The van der Waals surface area contributed by atoms with Crippen LogP contribution in [-0.4, -0.2) is 22.8 Å².